The molecule has 1 rings (SSSR count). The predicted molar refractivity (Wildman–Crippen MR) is 62.7 cm³/mol. The molecule has 15 heavy (non-hydrogen) atoms. The topological polar surface area (TPSA) is 55.0 Å². The molecule has 0 spiro atoms. The van der Waals surface area contributed by atoms with Crippen molar-refractivity contribution in [2.75, 3.05) is 11.9 Å². The average Bonchev–Trinajstić information content (AvgIpc) is 2.28. The number of anilines is 1. The van der Waals surface area contributed by atoms with Crippen LogP contribution in [0, 0.1) is 0 Å². The van der Waals surface area contributed by atoms with E-state index in [0.29, 0.717) is 12.6 Å². The highest BCUT2D eigenvalue weighted by Gasteiger charge is 2.13. The van der Waals surface area contributed by atoms with E-state index in [1.54, 1.807) is 12.4 Å². The fourth-order valence-electron chi connectivity index (χ4n) is 1.62. The highest BCUT2D eigenvalue weighted by Crippen LogP contribution is 2.17. The van der Waals surface area contributed by atoms with Gasteiger partial charge in [-0.2, -0.15) is 0 Å². The lowest BCUT2D eigenvalue weighted by atomic mass is 10.1. The van der Waals surface area contributed by atoms with Gasteiger partial charge in [-0.3, -0.25) is 4.98 Å². The van der Waals surface area contributed by atoms with Crippen molar-refractivity contribution >= 4 is 5.82 Å². The molecular formula is C11H20N4. The molecule has 0 radical (unpaired) electrons. The minimum atomic E-state index is 0.437. The predicted octanol–water partition coefficient (Wildman–Crippen LogP) is 1.56. The number of aromatic nitrogens is 2. The Balaban J connectivity index is 2.84. The molecule has 0 fully saturated rings. The SMILES string of the molecule is CCCC(C)N(C)c1nccnc1CN. The second-order valence-corrected chi connectivity index (χ2v) is 3.78. The molecule has 0 saturated carbocycles. The summed E-state index contributed by atoms with van der Waals surface area (Å²) in [5.41, 5.74) is 6.50. The van der Waals surface area contributed by atoms with E-state index in [0.717, 1.165) is 17.9 Å². The lowest BCUT2D eigenvalue weighted by molar-refractivity contribution is 0.607. The van der Waals surface area contributed by atoms with Crippen LogP contribution in [0.5, 0.6) is 0 Å². The number of hydrogen-bond acceptors (Lipinski definition) is 4. The summed E-state index contributed by atoms with van der Waals surface area (Å²) in [6.45, 7) is 4.82. The summed E-state index contributed by atoms with van der Waals surface area (Å²) in [5.74, 6) is 0.904. The summed E-state index contributed by atoms with van der Waals surface area (Å²) in [6.07, 6.45) is 5.72. The molecule has 0 saturated heterocycles. The van der Waals surface area contributed by atoms with E-state index in [4.69, 9.17) is 5.73 Å². The third-order valence-electron chi connectivity index (χ3n) is 2.65. The molecule has 1 aromatic heterocycles. The molecule has 0 bridgehead atoms. The zero-order valence-electron chi connectivity index (χ0n) is 9.77. The summed E-state index contributed by atoms with van der Waals surface area (Å²) in [7, 11) is 2.05. The van der Waals surface area contributed by atoms with Crippen molar-refractivity contribution in [3.8, 4) is 0 Å². The maximum Gasteiger partial charge on any atom is 0.151 e. The van der Waals surface area contributed by atoms with Gasteiger partial charge in [0.15, 0.2) is 5.82 Å². The molecule has 0 aliphatic carbocycles. The summed E-state index contributed by atoms with van der Waals surface area (Å²) >= 11 is 0. The molecular weight excluding hydrogens is 188 g/mol. The van der Waals surface area contributed by atoms with E-state index in [1.807, 2.05) is 7.05 Å². The van der Waals surface area contributed by atoms with Gasteiger partial charge in [0.25, 0.3) is 0 Å². The lowest BCUT2D eigenvalue weighted by Crippen LogP contribution is -2.31. The molecule has 0 aliphatic heterocycles. The summed E-state index contributed by atoms with van der Waals surface area (Å²) in [5, 5.41) is 0. The van der Waals surface area contributed by atoms with Crippen LogP contribution in [0.15, 0.2) is 12.4 Å². The van der Waals surface area contributed by atoms with Gasteiger partial charge in [0.05, 0.1) is 5.69 Å². The first-order valence-electron chi connectivity index (χ1n) is 5.43. The molecule has 4 nitrogen and oxygen atoms in total. The first-order chi connectivity index (χ1) is 7.20. The van der Waals surface area contributed by atoms with Gasteiger partial charge in [-0.1, -0.05) is 13.3 Å². The van der Waals surface area contributed by atoms with Gasteiger partial charge in [0, 0.05) is 32.0 Å². The molecule has 1 unspecified atom stereocenters. The quantitative estimate of drug-likeness (QED) is 0.798. The Morgan fingerprint density at radius 2 is 2.07 bits per heavy atom. The van der Waals surface area contributed by atoms with Gasteiger partial charge in [0.1, 0.15) is 0 Å². The Labute approximate surface area is 91.5 Å². The molecule has 1 atom stereocenters. The van der Waals surface area contributed by atoms with E-state index < -0.39 is 0 Å². The Kier molecular flexibility index (Phi) is 4.49. The van der Waals surface area contributed by atoms with Crippen molar-refractivity contribution in [2.45, 2.75) is 39.3 Å². The first-order valence-corrected chi connectivity index (χ1v) is 5.43. The maximum atomic E-state index is 5.63. The average molecular weight is 208 g/mol. The van der Waals surface area contributed by atoms with Crippen LogP contribution >= 0.6 is 0 Å². The van der Waals surface area contributed by atoms with Crippen LogP contribution in [-0.2, 0) is 6.54 Å². The molecule has 84 valence electrons. The molecule has 4 heteroatoms. The normalized spacial score (nSPS) is 12.5. The second-order valence-electron chi connectivity index (χ2n) is 3.78. The van der Waals surface area contributed by atoms with Crippen LogP contribution in [0.1, 0.15) is 32.4 Å². The largest absolute Gasteiger partial charge is 0.355 e. The smallest absolute Gasteiger partial charge is 0.151 e. The van der Waals surface area contributed by atoms with Gasteiger partial charge >= 0.3 is 0 Å². The van der Waals surface area contributed by atoms with Gasteiger partial charge in [-0.25, -0.2) is 4.98 Å². The van der Waals surface area contributed by atoms with Crippen molar-refractivity contribution in [2.24, 2.45) is 5.73 Å². The van der Waals surface area contributed by atoms with Crippen molar-refractivity contribution < 1.29 is 0 Å². The van der Waals surface area contributed by atoms with E-state index in [2.05, 4.69) is 28.7 Å². The van der Waals surface area contributed by atoms with Crippen LogP contribution in [0.4, 0.5) is 5.82 Å². The minimum absolute atomic E-state index is 0.437. The Hall–Kier alpha value is -1.16. The zero-order chi connectivity index (χ0) is 11.3. The van der Waals surface area contributed by atoms with Crippen LogP contribution in [0.25, 0.3) is 0 Å². The van der Waals surface area contributed by atoms with Crippen LogP contribution in [0.2, 0.25) is 0 Å². The number of nitrogens with zero attached hydrogens (tertiary/aromatic N) is 3. The van der Waals surface area contributed by atoms with E-state index >= 15 is 0 Å². The highest BCUT2D eigenvalue weighted by molar-refractivity contribution is 5.42. The fourth-order valence-corrected chi connectivity index (χ4v) is 1.62. The third-order valence-corrected chi connectivity index (χ3v) is 2.65. The van der Waals surface area contributed by atoms with Gasteiger partial charge in [0.2, 0.25) is 0 Å². The summed E-state index contributed by atoms with van der Waals surface area (Å²) in [6, 6.07) is 0.469. The van der Waals surface area contributed by atoms with Gasteiger partial charge in [-0.15, -0.1) is 0 Å². The maximum absolute atomic E-state index is 5.63. The third kappa shape index (κ3) is 2.89. The summed E-state index contributed by atoms with van der Waals surface area (Å²) < 4.78 is 0. The van der Waals surface area contributed by atoms with E-state index in [-0.39, 0.29) is 0 Å². The van der Waals surface area contributed by atoms with Crippen molar-refractivity contribution in [3.05, 3.63) is 18.1 Å². The fraction of sp³-hybridized carbons (Fsp3) is 0.636. The van der Waals surface area contributed by atoms with E-state index in [9.17, 15) is 0 Å². The van der Waals surface area contributed by atoms with Gasteiger partial charge in [-0.05, 0) is 13.3 Å². The van der Waals surface area contributed by atoms with Gasteiger partial charge < -0.3 is 10.6 Å². The van der Waals surface area contributed by atoms with Crippen LogP contribution in [-0.4, -0.2) is 23.1 Å². The van der Waals surface area contributed by atoms with Crippen molar-refractivity contribution in [3.63, 3.8) is 0 Å². The Morgan fingerprint density at radius 1 is 1.40 bits per heavy atom. The van der Waals surface area contributed by atoms with Crippen molar-refractivity contribution in [1.82, 2.24) is 9.97 Å². The molecule has 0 aromatic carbocycles. The summed E-state index contributed by atoms with van der Waals surface area (Å²) in [4.78, 5) is 10.7. The first kappa shape index (κ1) is 11.9. The number of rotatable bonds is 5. The monoisotopic (exact) mass is 208 g/mol. The number of hydrogen-bond donors (Lipinski definition) is 1. The lowest BCUT2D eigenvalue weighted by Gasteiger charge is -2.26. The minimum Gasteiger partial charge on any atom is -0.355 e. The molecule has 1 aromatic rings. The molecule has 0 aliphatic rings. The molecule has 0 amide bonds. The Morgan fingerprint density at radius 3 is 2.67 bits per heavy atom. The molecule has 2 N–H and O–H groups in total. The number of nitrogens with two attached hydrogens (primary N) is 1. The second kappa shape index (κ2) is 5.66. The van der Waals surface area contributed by atoms with E-state index in [1.165, 1.54) is 6.42 Å². The van der Waals surface area contributed by atoms with Crippen LogP contribution in [0.3, 0.4) is 0 Å². The van der Waals surface area contributed by atoms with Crippen LogP contribution < -0.4 is 10.6 Å². The Bertz CT molecular complexity index is 300. The standard InChI is InChI=1S/C11H20N4/c1-4-5-9(2)15(3)11-10(8-12)13-6-7-14-11/h6-7,9H,4-5,8,12H2,1-3H3. The molecule has 1 heterocycles. The van der Waals surface area contributed by atoms with Crippen molar-refractivity contribution in [1.29, 1.82) is 0 Å². The highest BCUT2D eigenvalue weighted by atomic mass is 15.2. The zero-order valence-corrected chi connectivity index (χ0v) is 9.77.